The van der Waals surface area contributed by atoms with E-state index in [0.717, 1.165) is 18.5 Å². The summed E-state index contributed by atoms with van der Waals surface area (Å²) in [6.07, 6.45) is 5.48. The van der Waals surface area contributed by atoms with E-state index >= 15 is 0 Å². The Morgan fingerprint density at radius 1 is 1.29 bits per heavy atom. The molecule has 0 radical (unpaired) electrons. The molecule has 1 saturated heterocycles. The number of rotatable bonds is 5. The largest absolute Gasteiger partial charge is 0.311 e. The Morgan fingerprint density at radius 3 is 2.59 bits per heavy atom. The predicted molar refractivity (Wildman–Crippen MR) is 76.4 cm³/mol. The van der Waals surface area contributed by atoms with Crippen molar-refractivity contribution in [3.05, 3.63) is 0 Å². The Bertz CT molecular complexity index is 207. The third kappa shape index (κ3) is 5.87. The van der Waals surface area contributed by atoms with E-state index in [2.05, 4.69) is 44.8 Å². The zero-order valence-electron chi connectivity index (χ0n) is 12.6. The molecular weight excluding hydrogens is 208 g/mol. The van der Waals surface area contributed by atoms with Gasteiger partial charge >= 0.3 is 0 Å². The van der Waals surface area contributed by atoms with Crippen LogP contribution in [0.3, 0.4) is 0 Å². The Hall–Kier alpha value is -0.0800. The van der Waals surface area contributed by atoms with Crippen LogP contribution in [0.15, 0.2) is 0 Å². The van der Waals surface area contributed by atoms with Gasteiger partial charge in [0, 0.05) is 24.7 Å². The summed E-state index contributed by atoms with van der Waals surface area (Å²) in [6, 6.07) is 0.761. The number of hydrogen-bond donors (Lipinski definition) is 1. The molecule has 1 N–H and O–H groups in total. The first kappa shape index (κ1) is 15.0. The van der Waals surface area contributed by atoms with Crippen molar-refractivity contribution in [2.45, 2.75) is 71.9 Å². The molecule has 0 aromatic heterocycles. The zero-order valence-corrected chi connectivity index (χ0v) is 12.6. The highest BCUT2D eigenvalue weighted by Crippen LogP contribution is 2.19. The van der Waals surface area contributed by atoms with Gasteiger partial charge in [-0.05, 0) is 46.1 Å². The zero-order chi connectivity index (χ0) is 12.9. The van der Waals surface area contributed by atoms with Gasteiger partial charge in [-0.25, -0.2) is 0 Å². The second-order valence-electron chi connectivity index (χ2n) is 6.79. The van der Waals surface area contributed by atoms with Crippen LogP contribution in [0.1, 0.15) is 60.3 Å². The van der Waals surface area contributed by atoms with Crippen LogP contribution >= 0.6 is 0 Å². The molecule has 0 aromatic carbocycles. The maximum absolute atomic E-state index is 3.67. The van der Waals surface area contributed by atoms with Crippen LogP contribution in [-0.2, 0) is 0 Å². The van der Waals surface area contributed by atoms with Crippen LogP contribution in [0.2, 0.25) is 0 Å². The first-order valence-electron chi connectivity index (χ1n) is 7.41. The van der Waals surface area contributed by atoms with Crippen LogP contribution in [0, 0.1) is 5.92 Å². The predicted octanol–water partition coefficient (Wildman–Crippen LogP) is 3.28. The molecule has 1 aliphatic heterocycles. The van der Waals surface area contributed by atoms with E-state index in [4.69, 9.17) is 0 Å². The molecule has 1 fully saturated rings. The number of piperidine rings is 1. The summed E-state index contributed by atoms with van der Waals surface area (Å²) in [5.41, 5.74) is 0.249. The number of nitrogens with zero attached hydrogens (tertiary/aromatic N) is 1. The molecule has 2 heteroatoms. The van der Waals surface area contributed by atoms with E-state index in [-0.39, 0.29) is 5.54 Å². The molecule has 0 amide bonds. The lowest BCUT2D eigenvalue weighted by atomic mass is 9.98. The molecule has 0 bridgehead atoms. The molecule has 1 heterocycles. The van der Waals surface area contributed by atoms with Crippen molar-refractivity contribution in [3.8, 4) is 0 Å². The van der Waals surface area contributed by atoms with E-state index in [1.165, 1.54) is 38.8 Å². The summed E-state index contributed by atoms with van der Waals surface area (Å²) in [5, 5.41) is 3.67. The van der Waals surface area contributed by atoms with Gasteiger partial charge in [0.25, 0.3) is 0 Å². The van der Waals surface area contributed by atoms with Gasteiger partial charge in [-0.3, -0.25) is 4.90 Å². The Labute approximate surface area is 108 Å². The summed E-state index contributed by atoms with van der Waals surface area (Å²) < 4.78 is 0. The third-order valence-corrected chi connectivity index (χ3v) is 3.86. The number of hydrogen-bond acceptors (Lipinski definition) is 2. The summed E-state index contributed by atoms with van der Waals surface area (Å²) in [6.45, 7) is 15.2. The minimum atomic E-state index is 0.249. The van der Waals surface area contributed by atoms with Gasteiger partial charge < -0.3 is 5.32 Å². The highest BCUT2D eigenvalue weighted by molar-refractivity contribution is 4.82. The molecule has 1 rings (SSSR count). The minimum Gasteiger partial charge on any atom is -0.311 e. The van der Waals surface area contributed by atoms with Crippen molar-refractivity contribution in [1.29, 1.82) is 0 Å². The normalized spacial score (nSPS) is 24.9. The smallest absolute Gasteiger partial charge is 0.0220 e. The Kier molecular flexibility index (Phi) is 5.94. The van der Waals surface area contributed by atoms with Crippen LogP contribution in [0.4, 0.5) is 0 Å². The average Bonchev–Trinajstić information content (AvgIpc) is 2.26. The number of likely N-dealkylation sites (tertiary alicyclic amines) is 1. The molecule has 1 aliphatic rings. The van der Waals surface area contributed by atoms with Gasteiger partial charge in [-0.2, -0.15) is 0 Å². The molecular formula is C15H32N2. The molecule has 2 nitrogen and oxygen atoms in total. The van der Waals surface area contributed by atoms with Crippen LogP contribution in [-0.4, -0.2) is 36.1 Å². The van der Waals surface area contributed by atoms with Gasteiger partial charge in [0.2, 0.25) is 0 Å². The van der Waals surface area contributed by atoms with Gasteiger partial charge in [-0.1, -0.05) is 26.7 Å². The first-order valence-corrected chi connectivity index (χ1v) is 7.41. The number of nitrogens with one attached hydrogen (secondary N) is 1. The van der Waals surface area contributed by atoms with E-state index in [1.807, 2.05) is 0 Å². The minimum absolute atomic E-state index is 0.249. The van der Waals surface area contributed by atoms with Crippen LogP contribution in [0.25, 0.3) is 0 Å². The molecule has 2 atom stereocenters. The van der Waals surface area contributed by atoms with Gasteiger partial charge in [0.1, 0.15) is 0 Å². The van der Waals surface area contributed by atoms with E-state index in [9.17, 15) is 0 Å². The highest BCUT2D eigenvalue weighted by Gasteiger charge is 2.24. The second-order valence-corrected chi connectivity index (χ2v) is 6.79. The van der Waals surface area contributed by atoms with Crippen molar-refractivity contribution in [1.82, 2.24) is 10.2 Å². The molecule has 102 valence electrons. The quantitative estimate of drug-likeness (QED) is 0.793. The SMILES string of the molecule is CCC(C)CN1CCCCC1CNC(C)(C)C. The molecule has 0 saturated carbocycles. The monoisotopic (exact) mass is 240 g/mol. The Morgan fingerprint density at radius 2 is 2.00 bits per heavy atom. The van der Waals surface area contributed by atoms with Crippen molar-refractivity contribution in [2.75, 3.05) is 19.6 Å². The molecule has 0 aliphatic carbocycles. The van der Waals surface area contributed by atoms with Gasteiger partial charge in [0.15, 0.2) is 0 Å². The fourth-order valence-electron chi connectivity index (χ4n) is 2.48. The van der Waals surface area contributed by atoms with E-state index < -0.39 is 0 Å². The molecule has 0 spiro atoms. The summed E-state index contributed by atoms with van der Waals surface area (Å²) in [5.74, 6) is 0.838. The van der Waals surface area contributed by atoms with Crippen LogP contribution in [0.5, 0.6) is 0 Å². The maximum atomic E-state index is 3.67. The molecule has 2 unspecified atom stereocenters. The molecule has 17 heavy (non-hydrogen) atoms. The standard InChI is InChI=1S/C15H32N2/c1-6-13(2)12-17-10-8-7-9-14(17)11-16-15(3,4)5/h13-14,16H,6-12H2,1-5H3. The van der Waals surface area contributed by atoms with Crippen molar-refractivity contribution >= 4 is 0 Å². The third-order valence-electron chi connectivity index (χ3n) is 3.86. The van der Waals surface area contributed by atoms with Crippen molar-refractivity contribution < 1.29 is 0 Å². The molecule has 0 aromatic rings. The maximum Gasteiger partial charge on any atom is 0.0220 e. The summed E-state index contributed by atoms with van der Waals surface area (Å²) in [4.78, 5) is 2.72. The fraction of sp³-hybridized carbons (Fsp3) is 1.00. The lowest BCUT2D eigenvalue weighted by molar-refractivity contribution is 0.120. The van der Waals surface area contributed by atoms with E-state index in [1.54, 1.807) is 0 Å². The average molecular weight is 240 g/mol. The van der Waals surface area contributed by atoms with Crippen molar-refractivity contribution in [3.63, 3.8) is 0 Å². The van der Waals surface area contributed by atoms with Gasteiger partial charge in [0.05, 0.1) is 0 Å². The van der Waals surface area contributed by atoms with Gasteiger partial charge in [-0.15, -0.1) is 0 Å². The summed E-state index contributed by atoms with van der Waals surface area (Å²) in [7, 11) is 0. The Balaban J connectivity index is 2.42. The highest BCUT2D eigenvalue weighted by atomic mass is 15.2. The lowest BCUT2D eigenvalue weighted by Gasteiger charge is -2.38. The lowest BCUT2D eigenvalue weighted by Crippen LogP contribution is -2.50. The topological polar surface area (TPSA) is 15.3 Å². The summed E-state index contributed by atoms with van der Waals surface area (Å²) >= 11 is 0. The van der Waals surface area contributed by atoms with Crippen molar-refractivity contribution in [2.24, 2.45) is 5.92 Å². The second kappa shape index (κ2) is 6.75. The van der Waals surface area contributed by atoms with E-state index in [0.29, 0.717) is 0 Å². The van der Waals surface area contributed by atoms with Crippen LogP contribution < -0.4 is 5.32 Å². The first-order chi connectivity index (χ1) is 7.92. The fourth-order valence-corrected chi connectivity index (χ4v) is 2.48.